The molecule has 2 amide bonds. The molecule has 0 radical (unpaired) electrons. The van der Waals surface area contributed by atoms with Crippen LogP contribution in [0.5, 0.6) is 0 Å². The highest BCUT2D eigenvalue weighted by Crippen LogP contribution is 2.34. The van der Waals surface area contributed by atoms with E-state index in [1.54, 1.807) is 27.9 Å². The van der Waals surface area contributed by atoms with Crippen molar-refractivity contribution in [1.82, 2.24) is 4.90 Å². The summed E-state index contributed by atoms with van der Waals surface area (Å²) in [5.74, 6) is -2.29. The maximum Gasteiger partial charge on any atom is 0.341 e. The van der Waals surface area contributed by atoms with Gasteiger partial charge in [0.05, 0.1) is 17.0 Å². The molecule has 0 saturated carbocycles. The lowest BCUT2D eigenvalue weighted by molar-refractivity contribution is -0.150. The Kier molecular flexibility index (Phi) is 8.20. The molecule has 0 aliphatic rings. The fourth-order valence-corrected chi connectivity index (χ4v) is 3.16. The molecule has 144 valence electrons. The van der Waals surface area contributed by atoms with Gasteiger partial charge in [0.15, 0.2) is 6.61 Å². The Hall–Kier alpha value is -2.46. The number of carbonyl (C=O) groups excluding carboxylic acids is 4. The number of nitrogens with one attached hydrogen (secondary N) is 1. The minimum Gasteiger partial charge on any atom is -0.462 e. The molecule has 1 aromatic heterocycles. The molecule has 0 atom stereocenters. The topological polar surface area (TPSA) is 111 Å². The Bertz CT molecular complexity index is 697. The van der Waals surface area contributed by atoms with E-state index in [2.05, 4.69) is 10.1 Å². The van der Waals surface area contributed by atoms with Crippen LogP contribution in [0.15, 0.2) is 0 Å². The zero-order valence-corrected chi connectivity index (χ0v) is 16.2. The third-order valence-electron chi connectivity index (χ3n) is 3.11. The Morgan fingerprint density at radius 3 is 2.31 bits per heavy atom. The molecule has 0 spiro atoms. The van der Waals surface area contributed by atoms with E-state index in [1.165, 1.54) is 12.0 Å². The summed E-state index contributed by atoms with van der Waals surface area (Å²) >= 11 is 0.960. The van der Waals surface area contributed by atoms with Crippen LogP contribution in [-0.4, -0.2) is 69.7 Å². The van der Waals surface area contributed by atoms with Gasteiger partial charge in [0, 0.05) is 21.2 Å². The number of anilines is 1. The van der Waals surface area contributed by atoms with Crippen LogP contribution in [0, 0.1) is 6.92 Å². The molecular formula is C16H22N2O7S. The Morgan fingerprint density at radius 2 is 1.77 bits per heavy atom. The van der Waals surface area contributed by atoms with Crippen LogP contribution in [0.2, 0.25) is 0 Å². The predicted molar refractivity (Wildman–Crippen MR) is 94.5 cm³/mol. The van der Waals surface area contributed by atoms with Crippen molar-refractivity contribution in [3.63, 3.8) is 0 Å². The lowest BCUT2D eigenvalue weighted by atomic mass is 10.1. The van der Waals surface area contributed by atoms with Gasteiger partial charge >= 0.3 is 11.9 Å². The van der Waals surface area contributed by atoms with Crippen molar-refractivity contribution in [3.8, 4) is 0 Å². The van der Waals surface area contributed by atoms with Gasteiger partial charge in [0.25, 0.3) is 11.8 Å². The lowest BCUT2D eigenvalue weighted by Gasteiger charge is -2.09. The molecule has 9 nitrogen and oxygen atoms in total. The van der Waals surface area contributed by atoms with Gasteiger partial charge in [0.2, 0.25) is 0 Å². The second-order valence-electron chi connectivity index (χ2n) is 5.32. The first-order valence-electron chi connectivity index (χ1n) is 7.69. The quantitative estimate of drug-likeness (QED) is 0.665. The molecular weight excluding hydrogens is 364 g/mol. The first-order chi connectivity index (χ1) is 12.2. The first kappa shape index (κ1) is 21.6. The maximum atomic E-state index is 12.3. The standard InChI is InChI=1S/C16H22N2O7S/c1-6-24-16(22)12-9(2)13(15(21)18(3)4)26-14(12)17-10(19)7-25-11(20)8-23-5/h6-8H2,1-5H3,(H,17,19). The largest absolute Gasteiger partial charge is 0.462 e. The lowest BCUT2D eigenvalue weighted by Crippen LogP contribution is -2.23. The average molecular weight is 386 g/mol. The Labute approximate surface area is 155 Å². The number of thiophene rings is 1. The summed E-state index contributed by atoms with van der Waals surface area (Å²) < 4.78 is 14.3. The van der Waals surface area contributed by atoms with Crippen LogP contribution in [0.4, 0.5) is 5.00 Å². The minimum atomic E-state index is -0.695. The number of nitrogens with zero attached hydrogens (tertiary/aromatic N) is 1. The van der Waals surface area contributed by atoms with Crippen molar-refractivity contribution in [3.05, 3.63) is 16.0 Å². The molecule has 0 aliphatic heterocycles. The van der Waals surface area contributed by atoms with E-state index < -0.39 is 24.5 Å². The Balaban J connectivity index is 3.06. The molecule has 0 bridgehead atoms. The molecule has 1 N–H and O–H groups in total. The predicted octanol–water partition coefficient (Wildman–Crippen LogP) is 1.06. The number of hydrogen-bond acceptors (Lipinski definition) is 8. The third kappa shape index (κ3) is 5.53. The van der Waals surface area contributed by atoms with Crippen molar-refractivity contribution in [1.29, 1.82) is 0 Å². The number of hydrogen-bond donors (Lipinski definition) is 1. The van der Waals surface area contributed by atoms with Gasteiger partial charge in [-0.15, -0.1) is 11.3 Å². The van der Waals surface area contributed by atoms with Crippen molar-refractivity contribution in [2.45, 2.75) is 13.8 Å². The highest BCUT2D eigenvalue weighted by molar-refractivity contribution is 7.18. The van der Waals surface area contributed by atoms with Gasteiger partial charge < -0.3 is 24.4 Å². The summed E-state index contributed by atoms with van der Waals surface area (Å²) in [5.41, 5.74) is 0.525. The van der Waals surface area contributed by atoms with Gasteiger partial charge in [-0.2, -0.15) is 0 Å². The maximum absolute atomic E-state index is 12.3. The number of rotatable bonds is 8. The molecule has 10 heteroatoms. The van der Waals surface area contributed by atoms with Gasteiger partial charge in [0.1, 0.15) is 11.6 Å². The SMILES string of the molecule is CCOC(=O)c1c(NC(=O)COC(=O)COC)sc(C(=O)N(C)C)c1C. The molecule has 0 aromatic carbocycles. The number of carbonyl (C=O) groups is 4. The molecule has 1 aromatic rings. The molecule has 1 heterocycles. The average Bonchev–Trinajstić information content (AvgIpc) is 2.88. The second-order valence-corrected chi connectivity index (χ2v) is 6.34. The van der Waals surface area contributed by atoms with Crippen molar-refractivity contribution in [2.24, 2.45) is 0 Å². The fraction of sp³-hybridized carbons (Fsp3) is 0.500. The summed E-state index contributed by atoms with van der Waals surface area (Å²) in [6.45, 7) is 2.58. The summed E-state index contributed by atoms with van der Waals surface area (Å²) in [4.78, 5) is 49.4. The zero-order valence-electron chi connectivity index (χ0n) is 15.3. The highest BCUT2D eigenvalue weighted by Gasteiger charge is 2.27. The van der Waals surface area contributed by atoms with Gasteiger partial charge in [-0.05, 0) is 19.4 Å². The molecule has 1 rings (SSSR count). The van der Waals surface area contributed by atoms with Gasteiger partial charge in [-0.25, -0.2) is 9.59 Å². The molecule has 0 saturated heterocycles. The summed E-state index contributed by atoms with van der Waals surface area (Å²) in [7, 11) is 4.49. The van der Waals surface area contributed by atoms with Crippen molar-refractivity contribution < 1.29 is 33.4 Å². The van der Waals surface area contributed by atoms with Crippen LogP contribution in [0.1, 0.15) is 32.5 Å². The minimum absolute atomic E-state index is 0.110. The molecule has 26 heavy (non-hydrogen) atoms. The molecule has 0 aliphatic carbocycles. The second kappa shape index (κ2) is 9.88. The zero-order chi connectivity index (χ0) is 19.9. The van der Waals surface area contributed by atoms with E-state index in [4.69, 9.17) is 9.47 Å². The number of amides is 2. The Morgan fingerprint density at radius 1 is 1.12 bits per heavy atom. The molecule has 0 unspecified atom stereocenters. The number of esters is 2. The van der Waals surface area contributed by atoms with Gasteiger partial charge in [-0.3, -0.25) is 9.59 Å². The van der Waals surface area contributed by atoms with E-state index in [-0.39, 0.29) is 29.7 Å². The van der Waals surface area contributed by atoms with E-state index in [0.717, 1.165) is 11.3 Å². The van der Waals surface area contributed by atoms with E-state index in [0.29, 0.717) is 10.4 Å². The van der Waals surface area contributed by atoms with E-state index >= 15 is 0 Å². The van der Waals surface area contributed by atoms with E-state index in [1.807, 2.05) is 0 Å². The number of methoxy groups -OCH3 is 1. The van der Waals surface area contributed by atoms with Crippen LogP contribution in [0.3, 0.4) is 0 Å². The normalized spacial score (nSPS) is 10.2. The van der Waals surface area contributed by atoms with Gasteiger partial charge in [-0.1, -0.05) is 0 Å². The summed E-state index contributed by atoms with van der Waals surface area (Å²) in [6.07, 6.45) is 0. The first-order valence-corrected chi connectivity index (χ1v) is 8.51. The summed E-state index contributed by atoms with van der Waals surface area (Å²) in [6, 6.07) is 0. The highest BCUT2D eigenvalue weighted by atomic mass is 32.1. The van der Waals surface area contributed by atoms with Crippen LogP contribution in [0.25, 0.3) is 0 Å². The third-order valence-corrected chi connectivity index (χ3v) is 4.30. The number of ether oxygens (including phenoxy) is 3. The smallest absolute Gasteiger partial charge is 0.341 e. The monoisotopic (exact) mass is 386 g/mol. The summed E-state index contributed by atoms with van der Waals surface area (Å²) in [5, 5.41) is 2.66. The fourth-order valence-electron chi connectivity index (χ4n) is 1.93. The van der Waals surface area contributed by atoms with Crippen LogP contribution >= 0.6 is 11.3 Å². The van der Waals surface area contributed by atoms with Crippen molar-refractivity contribution in [2.75, 3.05) is 46.3 Å². The van der Waals surface area contributed by atoms with E-state index in [9.17, 15) is 19.2 Å². The van der Waals surface area contributed by atoms with Crippen molar-refractivity contribution >= 4 is 40.1 Å². The van der Waals surface area contributed by atoms with Crippen LogP contribution < -0.4 is 5.32 Å². The van der Waals surface area contributed by atoms with Crippen LogP contribution in [-0.2, 0) is 23.8 Å². The molecule has 0 fully saturated rings.